The minimum atomic E-state index is -0.475. The van der Waals surface area contributed by atoms with Crippen molar-refractivity contribution >= 4 is 23.4 Å². The first-order valence-corrected chi connectivity index (χ1v) is 9.57. The zero-order chi connectivity index (χ0) is 19.5. The van der Waals surface area contributed by atoms with Crippen LogP contribution in [0.5, 0.6) is 5.75 Å². The third kappa shape index (κ3) is 6.94. The number of unbranched alkanes of at least 4 members (excludes halogenated alkanes) is 4. The van der Waals surface area contributed by atoms with E-state index in [-0.39, 0.29) is 0 Å². The molecule has 2 aromatic rings. The Labute approximate surface area is 165 Å². The molecular formula is C21H25ClN2O3. The van der Waals surface area contributed by atoms with Crippen molar-refractivity contribution in [1.29, 1.82) is 0 Å². The summed E-state index contributed by atoms with van der Waals surface area (Å²) < 4.78 is 5.67. The van der Waals surface area contributed by atoms with Gasteiger partial charge in [-0.15, -0.1) is 0 Å². The second kappa shape index (κ2) is 11.2. The van der Waals surface area contributed by atoms with Crippen molar-refractivity contribution in [2.24, 2.45) is 0 Å². The first-order chi connectivity index (χ1) is 13.1. The monoisotopic (exact) mass is 388 g/mol. The van der Waals surface area contributed by atoms with Crippen LogP contribution in [-0.2, 0) is 0 Å². The van der Waals surface area contributed by atoms with Crippen LogP contribution in [0.3, 0.4) is 0 Å². The number of rotatable bonds is 9. The highest BCUT2D eigenvalue weighted by atomic mass is 35.5. The van der Waals surface area contributed by atoms with E-state index in [9.17, 15) is 9.59 Å². The normalized spacial score (nSPS) is 10.3. The smallest absolute Gasteiger partial charge is 0.271 e. The van der Waals surface area contributed by atoms with E-state index in [1.165, 1.54) is 25.7 Å². The topological polar surface area (TPSA) is 67.4 Å². The third-order valence-corrected chi connectivity index (χ3v) is 4.37. The molecule has 2 rings (SSSR count). The van der Waals surface area contributed by atoms with Gasteiger partial charge in [-0.2, -0.15) is 0 Å². The molecule has 0 aliphatic heterocycles. The zero-order valence-electron chi connectivity index (χ0n) is 15.5. The molecular weight excluding hydrogens is 364 g/mol. The Bertz CT molecular complexity index is 747. The average Bonchev–Trinajstić information content (AvgIpc) is 2.69. The van der Waals surface area contributed by atoms with Crippen LogP contribution in [0.1, 0.15) is 59.7 Å². The average molecular weight is 389 g/mol. The molecule has 0 aromatic heterocycles. The molecule has 2 aromatic carbocycles. The molecule has 0 atom stereocenters. The summed E-state index contributed by atoms with van der Waals surface area (Å²) in [4.78, 5) is 24.2. The van der Waals surface area contributed by atoms with E-state index in [0.717, 1.165) is 12.2 Å². The Kier molecular flexibility index (Phi) is 8.65. The molecule has 6 heteroatoms. The minimum absolute atomic E-state index is 0.294. The molecule has 0 heterocycles. The molecule has 0 fully saturated rings. The fourth-order valence-electron chi connectivity index (χ4n) is 2.50. The van der Waals surface area contributed by atoms with Gasteiger partial charge in [-0.1, -0.05) is 56.3 Å². The lowest BCUT2D eigenvalue weighted by molar-refractivity contribution is 0.0846. The van der Waals surface area contributed by atoms with Gasteiger partial charge in [-0.05, 0) is 42.8 Å². The number of halogens is 1. The second-order valence-corrected chi connectivity index (χ2v) is 6.58. The summed E-state index contributed by atoms with van der Waals surface area (Å²) in [6, 6.07) is 13.4. The molecule has 0 spiro atoms. The standard InChI is InChI=1S/C21H25ClN2O3/c1-2-3-4-5-8-15-27-17-13-11-16(12-14-17)20(25)23-24-21(26)18-9-6-7-10-19(18)22/h6-7,9-14H,2-5,8,15H2,1H3,(H,23,25)(H,24,26). The van der Waals surface area contributed by atoms with Gasteiger partial charge >= 0.3 is 0 Å². The second-order valence-electron chi connectivity index (χ2n) is 6.18. The van der Waals surface area contributed by atoms with Crippen LogP contribution in [-0.4, -0.2) is 18.4 Å². The molecule has 5 nitrogen and oxygen atoms in total. The van der Waals surface area contributed by atoms with Gasteiger partial charge in [0.25, 0.3) is 11.8 Å². The van der Waals surface area contributed by atoms with Crippen LogP contribution < -0.4 is 15.6 Å². The summed E-state index contributed by atoms with van der Waals surface area (Å²) in [6.45, 7) is 2.86. The summed E-state index contributed by atoms with van der Waals surface area (Å²) in [6.07, 6.45) is 5.91. The number of hydrogen-bond acceptors (Lipinski definition) is 3. The molecule has 144 valence electrons. The van der Waals surface area contributed by atoms with Crippen LogP contribution in [0.25, 0.3) is 0 Å². The van der Waals surface area contributed by atoms with Crippen molar-refractivity contribution in [3.8, 4) is 5.75 Å². The molecule has 0 saturated heterocycles. The van der Waals surface area contributed by atoms with Crippen LogP contribution in [0.4, 0.5) is 0 Å². The Balaban J connectivity index is 1.76. The van der Waals surface area contributed by atoms with Crippen molar-refractivity contribution < 1.29 is 14.3 Å². The van der Waals surface area contributed by atoms with Crippen LogP contribution >= 0.6 is 11.6 Å². The lowest BCUT2D eigenvalue weighted by atomic mass is 10.2. The van der Waals surface area contributed by atoms with Gasteiger partial charge in [0.05, 0.1) is 17.2 Å². The highest BCUT2D eigenvalue weighted by molar-refractivity contribution is 6.33. The molecule has 27 heavy (non-hydrogen) atoms. The lowest BCUT2D eigenvalue weighted by Crippen LogP contribution is -2.41. The summed E-state index contributed by atoms with van der Waals surface area (Å²) >= 11 is 5.96. The zero-order valence-corrected chi connectivity index (χ0v) is 16.2. The SMILES string of the molecule is CCCCCCCOc1ccc(C(=O)NNC(=O)c2ccccc2Cl)cc1. The maximum absolute atomic E-state index is 12.1. The van der Waals surface area contributed by atoms with Crippen molar-refractivity contribution in [3.63, 3.8) is 0 Å². The molecule has 2 N–H and O–H groups in total. The first-order valence-electron chi connectivity index (χ1n) is 9.20. The van der Waals surface area contributed by atoms with Crippen molar-refractivity contribution in [2.75, 3.05) is 6.61 Å². The van der Waals surface area contributed by atoms with Gasteiger partial charge < -0.3 is 4.74 Å². The van der Waals surface area contributed by atoms with Gasteiger partial charge in [-0.3, -0.25) is 20.4 Å². The van der Waals surface area contributed by atoms with E-state index < -0.39 is 11.8 Å². The molecule has 2 amide bonds. The van der Waals surface area contributed by atoms with Gasteiger partial charge in [0.2, 0.25) is 0 Å². The number of ether oxygens (including phenoxy) is 1. The van der Waals surface area contributed by atoms with E-state index in [4.69, 9.17) is 16.3 Å². The van der Waals surface area contributed by atoms with E-state index in [1.54, 1.807) is 48.5 Å². The molecule has 0 bridgehead atoms. The van der Waals surface area contributed by atoms with Gasteiger partial charge in [0.1, 0.15) is 5.75 Å². The number of carbonyl (C=O) groups excluding carboxylic acids is 2. The summed E-state index contributed by atoms with van der Waals surface area (Å²) in [5.74, 6) is -0.166. The quantitative estimate of drug-likeness (QED) is 0.480. The number of hydrazine groups is 1. The number of nitrogens with one attached hydrogen (secondary N) is 2. The third-order valence-electron chi connectivity index (χ3n) is 4.04. The van der Waals surface area contributed by atoms with Crippen LogP contribution in [0, 0.1) is 0 Å². The molecule has 0 aliphatic carbocycles. The van der Waals surface area contributed by atoms with E-state index in [1.807, 2.05) is 0 Å². The minimum Gasteiger partial charge on any atom is -0.494 e. The molecule has 0 saturated carbocycles. The number of hydrogen-bond donors (Lipinski definition) is 2. The fraction of sp³-hybridized carbons (Fsp3) is 0.333. The van der Waals surface area contributed by atoms with Gasteiger partial charge in [-0.25, -0.2) is 0 Å². The predicted octanol–water partition coefficient (Wildman–Crippen LogP) is 4.76. The summed E-state index contributed by atoms with van der Waals surface area (Å²) in [5, 5.41) is 0.320. The molecule has 0 unspecified atom stereocenters. The van der Waals surface area contributed by atoms with Gasteiger partial charge in [0, 0.05) is 5.56 Å². The predicted molar refractivity (Wildman–Crippen MR) is 107 cm³/mol. The Hall–Kier alpha value is -2.53. The fourth-order valence-corrected chi connectivity index (χ4v) is 2.72. The van der Waals surface area contributed by atoms with Crippen LogP contribution in [0.2, 0.25) is 5.02 Å². The Morgan fingerprint density at radius 3 is 2.26 bits per heavy atom. The number of benzene rings is 2. The van der Waals surface area contributed by atoms with Crippen molar-refractivity contribution in [3.05, 3.63) is 64.7 Å². The highest BCUT2D eigenvalue weighted by Gasteiger charge is 2.11. The Morgan fingerprint density at radius 2 is 1.56 bits per heavy atom. The highest BCUT2D eigenvalue weighted by Crippen LogP contribution is 2.15. The Morgan fingerprint density at radius 1 is 0.889 bits per heavy atom. The maximum atomic E-state index is 12.1. The maximum Gasteiger partial charge on any atom is 0.271 e. The lowest BCUT2D eigenvalue weighted by Gasteiger charge is -2.09. The molecule has 0 aliphatic rings. The summed E-state index contributed by atoms with van der Waals surface area (Å²) in [7, 11) is 0. The first kappa shape index (κ1) is 20.8. The van der Waals surface area contributed by atoms with Gasteiger partial charge in [0.15, 0.2) is 0 Å². The van der Waals surface area contributed by atoms with Crippen molar-refractivity contribution in [2.45, 2.75) is 39.0 Å². The van der Waals surface area contributed by atoms with Crippen LogP contribution in [0.15, 0.2) is 48.5 Å². The largest absolute Gasteiger partial charge is 0.494 e. The number of carbonyl (C=O) groups is 2. The summed E-state index contributed by atoms with van der Waals surface area (Å²) in [5.41, 5.74) is 5.45. The van der Waals surface area contributed by atoms with Crippen molar-refractivity contribution in [1.82, 2.24) is 10.9 Å². The van der Waals surface area contributed by atoms with E-state index in [2.05, 4.69) is 17.8 Å². The van der Waals surface area contributed by atoms with E-state index in [0.29, 0.717) is 22.8 Å². The number of amides is 2. The molecule has 0 radical (unpaired) electrons. The van der Waals surface area contributed by atoms with E-state index >= 15 is 0 Å².